The smallest absolute Gasteiger partial charge is 0.225 e. The lowest BCUT2D eigenvalue weighted by Gasteiger charge is -2.07. The predicted molar refractivity (Wildman–Crippen MR) is 75.8 cm³/mol. The number of rotatable bonds is 4. The molecule has 5 nitrogen and oxygen atoms in total. The molecule has 0 spiro atoms. The summed E-state index contributed by atoms with van der Waals surface area (Å²) in [5.41, 5.74) is 8.56. The van der Waals surface area contributed by atoms with E-state index in [1.807, 2.05) is 25.1 Å². The van der Waals surface area contributed by atoms with E-state index in [1.54, 1.807) is 11.7 Å². The second-order valence-electron chi connectivity index (χ2n) is 4.61. The van der Waals surface area contributed by atoms with Gasteiger partial charge in [-0.3, -0.25) is 9.48 Å². The van der Waals surface area contributed by atoms with Crippen LogP contribution in [0.5, 0.6) is 0 Å². The summed E-state index contributed by atoms with van der Waals surface area (Å²) in [7, 11) is 1.74. The fourth-order valence-electron chi connectivity index (χ4n) is 1.93. The van der Waals surface area contributed by atoms with Gasteiger partial charge in [-0.15, -0.1) is 0 Å². The second-order valence-corrected chi connectivity index (χ2v) is 4.61. The number of carbonyl (C=O) groups excluding carboxylic acids is 1. The number of nitrogen functional groups attached to an aromatic ring is 1. The second kappa shape index (κ2) is 5.56. The lowest BCUT2D eigenvalue weighted by Crippen LogP contribution is -2.16. The van der Waals surface area contributed by atoms with Crippen LogP contribution in [0.25, 0.3) is 0 Å². The van der Waals surface area contributed by atoms with Gasteiger partial charge in [-0.05, 0) is 18.9 Å². The maximum atomic E-state index is 11.9. The van der Waals surface area contributed by atoms with Crippen molar-refractivity contribution in [3.05, 3.63) is 41.6 Å². The van der Waals surface area contributed by atoms with Crippen molar-refractivity contribution in [1.29, 1.82) is 0 Å². The molecule has 0 aliphatic carbocycles. The number of hydrogen-bond acceptors (Lipinski definition) is 3. The summed E-state index contributed by atoms with van der Waals surface area (Å²) in [6.07, 6.45) is 2.66. The van der Waals surface area contributed by atoms with Crippen molar-refractivity contribution < 1.29 is 4.79 Å². The summed E-state index contributed by atoms with van der Waals surface area (Å²) < 4.78 is 1.56. The highest BCUT2D eigenvalue weighted by molar-refractivity contribution is 5.92. The number of aromatic nitrogens is 2. The first-order valence-corrected chi connectivity index (χ1v) is 6.19. The van der Waals surface area contributed by atoms with Crippen molar-refractivity contribution in [2.24, 2.45) is 7.05 Å². The summed E-state index contributed by atoms with van der Waals surface area (Å²) >= 11 is 0. The highest BCUT2D eigenvalue weighted by Gasteiger charge is 2.09. The molecule has 1 aromatic carbocycles. The van der Waals surface area contributed by atoms with Gasteiger partial charge < -0.3 is 11.1 Å². The Hall–Kier alpha value is -2.30. The van der Waals surface area contributed by atoms with E-state index in [2.05, 4.69) is 16.5 Å². The zero-order valence-electron chi connectivity index (χ0n) is 11.2. The Balaban J connectivity index is 1.92. The van der Waals surface area contributed by atoms with E-state index in [0.29, 0.717) is 24.3 Å². The van der Waals surface area contributed by atoms with Gasteiger partial charge in [-0.1, -0.05) is 29.8 Å². The first-order valence-electron chi connectivity index (χ1n) is 6.19. The van der Waals surface area contributed by atoms with Gasteiger partial charge in [0.25, 0.3) is 0 Å². The van der Waals surface area contributed by atoms with Crippen LogP contribution >= 0.6 is 0 Å². The fraction of sp³-hybridized carbons (Fsp3) is 0.286. The number of carbonyl (C=O) groups is 1. The Bertz CT molecular complexity index is 569. The summed E-state index contributed by atoms with van der Waals surface area (Å²) in [5, 5.41) is 6.76. The predicted octanol–water partition coefficient (Wildman–Crippen LogP) is 1.88. The molecule has 0 aliphatic heterocycles. The summed E-state index contributed by atoms with van der Waals surface area (Å²) in [4.78, 5) is 11.9. The van der Waals surface area contributed by atoms with Crippen LogP contribution < -0.4 is 11.1 Å². The number of hydrogen-bond donors (Lipinski definition) is 2. The molecule has 0 saturated carbocycles. The quantitative estimate of drug-likeness (QED) is 0.879. The first-order chi connectivity index (χ1) is 9.06. The standard InChI is InChI=1S/C14H18N4O/c1-10-4-3-5-11(8-10)6-7-13(19)17-14-12(15)9-16-18(14)2/h3-5,8-9H,6-7,15H2,1-2H3,(H,17,19). The van der Waals surface area contributed by atoms with E-state index in [4.69, 9.17) is 5.73 Å². The summed E-state index contributed by atoms with van der Waals surface area (Å²) in [5.74, 6) is 0.492. The number of aryl methyl sites for hydroxylation is 3. The average molecular weight is 258 g/mol. The minimum absolute atomic E-state index is 0.0585. The number of amides is 1. The molecule has 0 radical (unpaired) electrons. The highest BCUT2D eigenvalue weighted by Crippen LogP contribution is 2.16. The molecule has 1 heterocycles. The highest BCUT2D eigenvalue weighted by atomic mass is 16.1. The fourth-order valence-corrected chi connectivity index (χ4v) is 1.93. The minimum Gasteiger partial charge on any atom is -0.394 e. The molecular weight excluding hydrogens is 240 g/mol. The van der Waals surface area contributed by atoms with Crippen molar-refractivity contribution in [3.63, 3.8) is 0 Å². The van der Waals surface area contributed by atoms with Gasteiger partial charge in [0.1, 0.15) is 0 Å². The Kier molecular flexibility index (Phi) is 3.85. The zero-order valence-corrected chi connectivity index (χ0v) is 11.2. The van der Waals surface area contributed by atoms with E-state index < -0.39 is 0 Å². The summed E-state index contributed by atoms with van der Waals surface area (Å²) in [6, 6.07) is 8.16. The van der Waals surface area contributed by atoms with Gasteiger partial charge in [0, 0.05) is 13.5 Å². The molecule has 0 bridgehead atoms. The van der Waals surface area contributed by atoms with E-state index in [-0.39, 0.29) is 5.91 Å². The zero-order chi connectivity index (χ0) is 13.8. The maximum Gasteiger partial charge on any atom is 0.225 e. The molecule has 0 fully saturated rings. The molecule has 0 aliphatic rings. The van der Waals surface area contributed by atoms with Crippen molar-refractivity contribution in [3.8, 4) is 0 Å². The van der Waals surface area contributed by atoms with E-state index >= 15 is 0 Å². The Morgan fingerprint density at radius 3 is 2.89 bits per heavy atom. The molecular formula is C14H18N4O. The van der Waals surface area contributed by atoms with Crippen LogP contribution in [0.2, 0.25) is 0 Å². The van der Waals surface area contributed by atoms with Crippen LogP contribution in [0, 0.1) is 6.92 Å². The van der Waals surface area contributed by atoms with Crippen molar-refractivity contribution in [2.45, 2.75) is 19.8 Å². The molecule has 0 saturated heterocycles. The van der Waals surface area contributed by atoms with Crippen LogP contribution in [0.3, 0.4) is 0 Å². The molecule has 1 amide bonds. The van der Waals surface area contributed by atoms with Crippen molar-refractivity contribution in [1.82, 2.24) is 9.78 Å². The van der Waals surface area contributed by atoms with Crippen LogP contribution in [-0.2, 0) is 18.3 Å². The maximum absolute atomic E-state index is 11.9. The number of nitrogens with zero attached hydrogens (tertiary/aromatic N) is 2. The van der Waals surface area contributed by atoms with Gasteiger partial charge in [0.15, 0.2) is 5.82 Å². The van der Waals surface area contributed by atoms with E-state index in [9.17, 15) is 4.79 Å². The Labute approximate surface area is 112 Å². The monoisotopic (exact) mass is 258 g/mol. The number of nitrogens with one attached hydrogen (secondary N) is 1. The van der Waals surface area contributed by atoms with E-state index in [1.165, 1.54) is 11.8 Å². The van der Waals surface area contributed by atoms with Gasteiger partial charge in [-0.2, -0.15) is 5.10 Å². The van der Waals surface area contributed by atoms with Crippen molar-refractivity contribution in [2.75, 3.05) is 11.1 Å². The number of anilines is 2. The molecule has 1 aromatic heterocycles. The number of benzene rings is 1. The third-order valence-electron chi connectivity index (χ3n) is 2.95. The number of nitrogens with two attached hydrogens (primary N) is 1. The van der Waals surface area contributed by atoms with Gasteiger partial charge in [0.2, 0.25) is 5.91 Å². The molecule has 3 N–H and O–H groups in total. The van der Waals surface area contributed by atoms with Crippen LogP contribution in [0.4, 0.5) is 11.5 Å². The van der Waals surface area contributed by atoms with Crippen molar-refractivity contribution >= 4 is 17.4 Å². The summed E-state index contributed by atoms with van der Waals surface area (Å²) in [6.45, 7) is 2.04. The normalized spacial score (nSPS) is 10.4. The molecule has 0 unspecified atom stereocenters. The lowest BCUT2D eigenvalue weighted by molar-refractivity contribution is -0.116. The SMILES string of the molecule is Cc1cccc(CCC(=O)Nc2c(N)cnn2C)c1. The third-order valence-corrected chi connectivity index (χ3v) is 2.95. The molecule has 2 rings (SSSR count). The first kappa shape index (κ1) is 13.1. The van der Waals surface area contributed by atoms with Gasteiger partial charge in [-0.25, -0.2) is 0 Å². The van der Waals surface area contributed by atoms with Gasteiger partial charge >= 0.3 is 0 Å². The largest absolute Gasteiger partial charge is 0.394 e. The molecule has 2 aromatic rings. The van der Waals surface area contributed by atoms with Crippen LogP contribution in [0.15, 0.2) is 30.5 Å². The van der Waals surface area contributed by atoms with Gasteiger partial charge in [0.05, 0.1) is 11.9 Å². The molecule has 0 atom stereocenters. The molecule has 19 heavy (non-hydrogen) atoms. The van der Waals surface area contributed by atoms with Crippen LogP contribution in [0.1, 0.15) is 17.5 Å². The molecule has 5 heteroatoms. The topological polar surface area (TPSA) is 72.9 Å². The Morgan fingerprint density at radius 2 is 2.26 bits per heavy atom. The Morgan fingerprint density at radius 1 is 1.47 bits per heavy atom. The lowest BCUT2D eigenvalue weighted by atomic mass is 10.1. The molecule has 100 valence electrons. The average Bonchev–Trinajstić information content (AvgIpc) is 2.68. The van der Waals surface area contributed by atoms with Crippen LogP contribution in [-0.4, -0.2) is 15.7 Å². The van der Waals surface area contributed by atoms with E-state index in [0.717, 1.165) is 5.56 Å². The third kappa shape index (κ3) is 3.34. The minimum atomic E-state index is -0.0585.